The van der Waals surface area contributed by atoms with E-state index in [0.29, 0.717) is 6.54 Å². The molecule has 17 heavy (non-hydrogen) atoms. The first-order valence-electron chi connectivity index (χ1n) is 5.50. The third-order valence-electron chi connectivity index (χ3n) is 2.49. The summed E-state index contributed by atoms with van der Waals surface area (Å²) in [5, 5.41) is 0. The van der Waals surface area contributed by atoms with E-state index in [1.54, 1.807) is 18.0 Å². The normalized spacial score (nSPS) is 9.94. The molecule has 1 aromatic heterocycles. The Morgan fingerprint density at radius 3 is 2.41 bits per heavy atom. The molecule has 0 aliphatic carbocycles. The first kappa shape index (κ1) is 11.3. The molecule has 1 aromatic carbocycles. The van der Waals surface area contributed by atoms with Crippen molar-refractivity contribution in [2.24, 2.45) is 0 Å². The molecule has 2 rings (SSSR count). The summed E-state index contributed by atoms with van der Waals surface area (Å²) in [6.45, 7) is 2.07. The molecule has 0 saturated heterocycles. The van der Waals surface area contributed by atoms with E-state index < -0.39 is 0 Å². The van der Waals surface area contributed by atoms with Gasteiger partial charge >= 0.3 is 0 Å². The molecule has 1 heterocycles. The monoisotopic (exact) mass is 226 g/mol. The van der Waals surface area contributed by atoms with Crippen molar-refractivity contribution in [1.82, 2.24) is 4.98 Å². The summed E-state index contributed by atoms with van der Waals surface area (Å²) in [6.07, 6.45) is 1.73. The molecule has 86 valence electrons. The lowest BCUT2D eigenvalue weighted by molar-refractivity contribution is -0.116. The van der Waals surface area contributed by atoms with Crippen LogP contribution in [0.1, 0.15) is 12.6 Å². The number of hydrogen-bond donors (Lipinski definition) is 0. The number of hydrogen-bond acceptors (Lipinski definition) is 2. The number of benzene rings is 1. The van der Waals surface area contributed by atoms with Crippen LogP contribution in [0.3, 0.4) is 0 Å². The van der Waals surface area contributed by atoms with Gasteiger partial charge in [0, 0.05) is 18.8 Å². The molecule has 0 aliphatic heterocycles. The van der Waals surface area contributed by atoms with Crippen LogP contribution < -0.4 is 4.90 Å². The SMILES string of the molecule is CC(=O)N(Cc1ccccn1)c1ccccc1. The van der Waals surface area contributed by atoms with Crippen LogP contribution in [-0.2, 0) is 11.3 Å². The van der Waals surface area contributed by atoms with Crippen LogP contribution in [0, 0.1) is 0 Å². The molecule has 1 amide bonds. The number of para-hydroxylation sites is 1. The predicted molar refractivity (Wildman–Crippen MR) is 67.5 cm³/mol. The highest BCUT2D eigenvalue weighted by molar-refractivity contribution is 5.91. The maximum atomic E-state index is 11.6. The number of pyridine rings is 1. The lowest BCUT2D eigenvalue weighted by Crippen LogP contribution is -2.28. The molecule has 2 aromatic rings. The Morgan fingerprint density at radius 1 is 1.12 bits per heavy atom. The van der Waals surface area contributed by atoms with Gasteiger partial charge in [0.05, 0.1) is 12.2 Å². The highest BCUT2D eigenvalue weighted by Crippen LogP contribution is 2.15. The van der Waals surface area contributed by atoms with Crippen molar-refractivity contribution in [3.8, 4) is 0 Å². The molecule has 0 aliphatic rings. The Labute approximate surface area is 101 Å². The van der Waals surface area contributed by atoms with Crippen molar-refractivity contribution in [2.45, 2.75) is 13.5 Å². The number of carbonyl (C=O) groups excluding carboxylic acids is 1. The fourth-order valence-corrected chi connectivity index (χ4v) is 1.65. The number of aromatic nitrogens is 1. The van der Waals surface area contributed by atoms with Gasteiger partial charge in [0.15, 0.2) is 0 Å². The standard InChI is InChI=1S/C14H14N2O/c1-12(17)16(14-8-3-2-4-9-14)11-13-7-5-6-10-15-13/h2-10H,11H2,1H3. The quantitative estimate of drug-likeness (QED) is 0.806. The lowest BCUT2D eigenvalue weighted by Gasteiger charge is -2.20. The van der Waals surface area contributed by atoms with Crippen molar-refractivity contribution >= 4 is 11.6 Å². The third-order valence-corrected chi connectivity index (χ3v) is 2.49. The highest BCUT2D eigenvalue weighted by Gasteiger charge is 2.11. The summed E-state index contributed by atoms with van der Waals surface area (Å²) in [4.78, 5) is 17.6. The highest BCUT2D eigenvalue weighted by atomic mass is 16.2. The molecule has 0 N–H and O–H groups in total. The molecule has 0 saturated carbocycles. The van der Waals surface area contributed by atoms with Crippen LogP contribution in [-0.4, -0.2) is 10.9 Å². The molecule has 3 heteroatoms. The number of amides is 1. The fourth-order valence-electron chi connectivity index (χ4n) is 1.65. The second-order valence-electron chi connectivity index (χ2n) is 3.76. The summed E-state index contributed by atoms with van der Waals surface area (Å²) in [5.74, 6) is 0.0156. The van der Waals surface area contributed by atoms with E-state index in [1.165, 1.54) is 0 Å². The zero-order chi connectivity index (χ0) is 12.1. The minimum Gasteiger partial charge on any atom is -0.307 e. The van der Waals surface area contributed by atoms with Gasteiger partial charge in [-0.15, -0.1) is 0 Å². The van der Waals surface area contributed by atoms with Crippen LogP contribution in [0.15, 0.2) is 54.7 Å². The van der Waals surface area contributed by atoms with E-state index in [2.05, 4.69) is 4.98 Å². The second-order valence-corrected chi connectivity index (χ2v) is 3.76. The Hall–Kier alpha value is -2.16. The van der Waals surface area contributed by atoms with Crippen molar-refractivity contribution in [1.29, 1.82) is 0 Å². The van der Waals surface area contributed by atoms with Crippen LogP contribution in [0.2, 0.25) is 0 Å². The maximum absolute atomic E-state index is 11.6. The number of anilines is 1. The second kappa shape index (κ2) is 5.25. The van der Waals surface area contributed by atoms with Crippen molar-refractivity contribution in [3.63, 3.8) is 0 Å². The van der Waals surface area contributed by atoms with Crippen molar-refractivity contribution < 1.29 is 4.79 Å². The van der Waals surface area contributed by atoms with Gasteiger partial charge in [0.25, 0.3) is 0 Å². The Morgan fingerprint density at radius 2 is 1.82 bits per heavy atom. The van der Waals surface area contributed by atoms with Gasteiger partial charge in [0.2, 0.25) is 5.91 Å². The van der Waals surface area contributed by atoms with E-state index >= 15 is 0 Å². The van der Waals surface area contributed by atoms with E-state index in [4.69, 9.17) is 0 Å². The van der Waals surface area contributed by atoms with Gasteiger partial charge in [-0.3, -0.25) is 9.78 Å². The van der Waals surface area contributed by atoms with Crippen LogP contribution >= 0.6 is 0 Å². The van der Waals surface area contributed by atoms with Gasteiger partial charge in [0.1, 0.15) is 0 Å². The summed E-state index contributed by atoms with van der Waals surface area (Å²) >= 11 is 0. The molecule has 0 radical (unpaired) electrons. The zero-order valence-corrected chi connectivity index (χ0v) is 9.71. The van der Waals surface area contributed by atoms with E-state index in [1.807, 2.05) is 48.5 Å². The molecule has 0 bridgehead atoms. The molecule has 3 nitrogen and oxygen atoms in total. The molecular formula is C14H14N2O. The molecule has 0 atom stereocenters. The van der Waals surface area contributed by atoms with Gasteiger partial charge in [-0.2, -0.15) is 0 Å². The first-order valence-corrected chi connectivity index (χ1v) is 5.50. The minimum atomic E-state index is 0.0156. The topological polar surface area (TPSA) is 33.2 Å². The van der Waals surface area contributed by atoms with Crippen molar-refractivity contribution in [2.75, 3.05) is 4.90 Å². The molecule has 0 unspecified atom stereocenters. The van der Waals surface area contributed by atoms with Crippen LogP contribution in [0.25, 0.3) is 0 Å². The van der Waals surface area contributed by atoms with E-state index in [0.717, 1.165) is 11.4 Å². The van der Waals surface area contributed by atoms with Gasteiger partial charge in [-0.1, -0.05) is 24.3 Å². The van der Waals surface area contributed by atoms with Gasteiger partial charge < -0.3 is 4.90 Å². The van der Waals surface area contributed by atoms with E-state index in [-0.39, 0.29) is 5.91 Å². The zero-order valence-electron chi connectivity index (χ0n) is 9.71. The van der Waals surface area contributed by atoms with Gasteiger partial charge in [-0.25, -0.2) is 0 Å². The Bertz CT molecular complexity index is 482. The Balaban J connectivity index is 2.23. The predicted octanol–water partition coefficient (Wildman–Crippen LogP) is 2.63. The third kappa shape index (κ3) is 2.91. The average Bonchev–Trinajstić information content (AvgIpc) is 2.38. The van der Waals surface area contributed by atoms with Crippen molar-refractivity contribution in [3.05, 3.63) is 60.4 Å². The average molecular weight is 226 g/mol. The smallest absolute Gasteiger partial charge is 0.224 e. The molecule has 0 spiro atoms. The number of nitrogens with zero attached hydrogens (tertiary/aromatic N) is 2. The van der Waals surface area contributed by atoms with Gasteiger partial charge in [-0.05, 0) is 24.3 Å². The summed E-state index contributed by atoms with van der Waals surface area (Å²) in [6, 6.07) is 15.3. The first-order chi connectivity index (χ1) is 8.27. The fraction of sp³-hybridized carbons (Fsp3) is 0.143. The molecular weight excluding hydrogens is 212 g/mol. The van der Waals surface area contributed by atoms with Crippen LogP contribution in [0.4, 0.5) is 5.69 Å². The number of carbonyl (C=O) groups is 1. The number of rotatable bonds is 3. The molecule has 0 fully saturated rings. The lowest BCUT2D eigenvalue weighted by atomic mass is 10.2. The largest absolute Gasteiger partial charge is 0.307 e. The van der Waals surface area contributed by atoms with Crippen LogP contribution in [0.5, 0.6) is 0 Å². The summed E-state index contributed by atoms with van der Waals surface area (Å²) in [7, 11) is 0. The summed E-state index contributed by atoms with van der Waals surface area (Å²) < 4.78 is 0. The minimum absolute atomic E-state index is 0.0156. The van der Waals surface area contributed by atoms with E-state index in [9.17, 15) is 4.79 Å². The maximum Gasteiger partial charge on any atom is 0.224 e. The summed E-state index contributed by atoms with van der Waals surface area (Å²) in [5.41, 5.74) is 1.78. The Kier molecular flexibility index (Phi) is 3.50.